The van der Waals surface area contributed by atoms with Crippen molar-refractivity contribution in [3.63, 3.8) is 0 Å². The van der Waals surface area contributed by atoms with Gasteiger partial charge in [-0.3, -0.25) is 4.79 Å². The zero-order valence-corrected chi connectivity index (χ0v) is 16.0. The summed E-state index contributed by atoms with van der Waals surface area (Å²) in [4.78, 5) is 15.2. The predicted molar refractivity (Wildman–Crippen MR) is 104 cm³/mol. The van der Waals surface area contributed by atoms with Crippen molar-refractivity contribution in [3.8, 4) is 0 Å². The average Bonchev–Trinajstić information content (AvgIpc) is 3.26. The smallest absolute Gasteiger partial charge is 0.261 e. The van der Waals surface area contributed by atoms with Crippen LogP contribution in [0.1, 0.15) is 66.4 Å². The van der Waals surface area contributed by atoms with Gasteiger partial charge in [0.2, 0.25) is 0 Å². The number of benzene rings is 1. The third-order valence-electron chi connectivity index (χ3n) is 4.99. The van der Waals surface area contributed by atoms with Crippen LogP contribution in [-0.4, -0.2) is 35.6 Å². The molecular formula is C21H29N3O2. The first-order chi connectivity index (χ1) is 12.5. The Labute approximate surface area is 155 Å². The maximum Gasteiger partial charge on any atom is 0.261 e. The SMILES string of the molecule is Cc1noc(C(C)C)c1C(=O)Nc1ccc(CCCN2CCCC2)cc1. The largest absolute Gasteiger partial charge is 0.360 e. The minimum Gasteiger partial charge on any atom is -0.360 e. The van der Waals surface area contributed by atoms with E-state index < -0.39 is 0 Å². The van der Waals surface area contributed by atoms with E-state index in [2.05, 4.69) is 27.5 Å². The number of anilines is 1. The molecule has 1 aromatic heterocycles. The number of carbonyl (C=O) groups excluding carboxylic acids is 1. The number of nitrogens with zero attached hydrogens (tertiary/aromatic N) is 2. The second-order valence-corrected chi connectivity index (χ2v) is 7.47. The molecule has 1 aromatic carbocycles. The lowest BCUT2D eigenvalue weighted by Gasteiger charge is -2.14. The van der Waals surface area contributed by atoms with Crippen molar-refractivity contribution in [1.29, 1.82) is 0 Å². The van der Waals surface area contributed by atoms with Gasteiger partial charge in [0.1, 0.15) is 5.56 Å². The minimum absolute atomic E-state index is 0.120. The second-order valence-electron chi connectivity index (χ2n) is 7.47. The van der Waals surface area contributed by atoms with Crippen LogP contribution >= 0.6 is 0 Å². The molecule has 0 unspecified atom stereocenters. The maximum atomic E-state index is 12.6. The zero-order valence-electron chi connectivity index (χ0n) is 16.0. The Kier molecular flexibility index (Phi) is 6.09. The van der Waals surface area contributed by atoms with E-state index in [-0.39, 0.29) is 11.8 Å². The highest BCUT2D eigenvalue weighted by Crippen LogP contribution is 2.23. The quantitative estimate of drug-likeness (QED) is 0.800. The van der Waals surface area contributed by atoms with E-state index in [0.29, 0.717) is 17.0 Å². The molecular weight excluding hydrogens is 326 g/mol. The van der Waals surface area contributed by atoms with Crippen molar-refractivity contribution in [2.75, 3.05) is 25.0 Å². The van der Waals surface area contributed by atoms with Crippen molar-refractivity contribution in [3.05, 3.63) is 46.8 Å². The van der Waals surface area contributed by atoms with Gasteiger partial charge in [-0.25, -0.2) is 0 Å². The molecule has 2 aromatic rings. The maximum absolute atomic E-state index is 12.6. The lowest BCUT2D eigenvalue weighted by Crippen LogP contribution is -2.20. The molecule has 0 bridgehead atoms. The number of aryl methyl sites for hydroxylation is 2. The first-order valence-corrected chi connectivity index (χ1v) is 9.63. The molecule has 1 aliphatic rings. The molecule has 0 aliphatic carbocycles. The molecule has 1 N–H and O–H groups in total. The number of nitrogens with one attached hydrogen (secondary N) is 1. The molecule has 5 heteroatoms. The fourth-order valence-corrected chi connectivity index (χ4v) is 3.52. The Bertz CT molecular complexity index is 728. The summed E-state index contributed by atoms with van der Waals surface area (Å²) < 4.78 is 5.31. The van der Waals surface area contributed by atoms with Gasteiger partial charge in [0.25, 0.3) is 5.91 Å². The lowest BCUT2D eigenvalue weighted by atomic mass is 10.0. The summed E-state index contributed by atoms with van der Waals surface area (Å²) in [7, 11) is 0. The summed E-state index contributed by atoms with van der Waals surface area (Å²) in [5, 5.41) is 6.90. The highest BCUT2D eigenvalue weighted by molar-refractivity contribution is 6.05. The Morgan fingerprint density at radius 1 is 1.23 bits per heavy atom. The minimum atomic E-state index is -0.158. The molecule has 1 amide bonds. The van der Waals surface area contributed by atoms with Crippen molar-refractivity contribution in [2.45, 2.75) is 52.4 Å². The van der Waals surface area contributed by atoms with Crippen LogP contribution in [0.3, 0.4) is 0 Å². The first-order valence-electron chi connectivity index (χ1n) is 9.63. The van der Waals surface area contributed by atoms with Gasteiger partial charge in [0, 0.05) is 11.6 Å². The monoisotopic (exact) mass is 355 g/mol. The number of carbonyl (C=O) groups is 1. The van der Waals surface area contributed by atoms with Gasteiger partial charge in [-0.2, -0.15) is 0 Å². The van der Waals surface area contributed by atoms with Crippen LogP contribution in [0.4, 0.5) is 5.69 Å². The number of likely N-dealkylation sites (tertiary alicyclic amines) is 1. The summed E-state index contributed by atoms with van der Waals surface area (Å²) in [5.74, 6) is 0.600. The number of amides is 1. The molecule has 26 heavy (non-hydrogen) atoms. The number of hydrogen-bond donors (Lipinski definition) is 1. The van der Waals surface area contributed by atoms with Gasteiger partial charge >= 0.3 is 0 Å². The molecule has 2 heterocycles. The van der Waals surface area contributed by atoms with E-state index in [1.165, 1.54) is 44.5 Å². The molecule has 0 saturated carbocycles. The summed E-state index contributed by atoms with van der Waals surface area (Å²) in [6.45, 7) is 9.48. The van der Waals surface area contributed by atoms with Gasteiger partial charge in [-0.1, -0.05) is 31.1 Å². The molecule has 1 fully saturated rings. The van der Waals surface area contributed by atoms with Crippen LogP contribution in [0.25, 0.3) is 0 Å². The van der Waals surface area contributed by atoms with Crippen molar-refractivity contribution in [2.24, 2.45) is 0 Å². The van der Waals surface area contributed by atoms with Crippen LogP contribution in [0.5, 0.6) is 0 Å². The standard InChI is InChI=1S/C21H29N3O2/c1-15(2)20-19(16(3)23-26-20)21(25)22-18-10-8-17(9-11-18)7-6-14-24-12-4-5-13-24/h8-11,15H,4-7,12-14H2,1-3H3,(H,22,25). The molecule has 1 aliphatic heterocycles. The highest BCUT2D eigenvalue weighted by Gasteiger charge is 2.22. The summed E-state index contributed by atoms with van der Waals surface area (Å²) >= 11 is 0. The van der Waals surface area contributed by atoms with E-state index in [0.717, 1.165) is 12.1 Å². The van der Waals surface area contributed by atoms with Crippen LogP contribution in [-0.2, 0) is 6.42 Å². The van der Waals surface area contributed by atoms with E-state index in [4.69, 9.17) is 4.52 Å². The van der Waals surface area contributed by atoms with Gasteiger partial charge < -0.3 is 14.7 Å². The lowest BCUT2D eigenvalue weighted by molar-refractivity contribution is 0.102. The van der Waals surface area contributed by atoms with Gasteiger partial charge in [-0.05, 0) is 69.9 Å². The highest BCUT2D eigenvalue weighted by atomic mass is 16.5. The molecule has 0 spiro atoms. The van der Waals surface area contributed by atoms with Gasteiger partial charge in [0.05, 0.1) is 5.69 Å². The fourth-order valence-electron chi connectivity index (χ4n) is 3.52. The number of hydrogen-bond acceptors (Lipinski definition) is 4. The predicted octanol–water partition coefficient (Wildman–Crippen LogP) is 4.39. The van der Waals surface area contributed by atoms with Crippen molar-refractivity contribution in [1.82, 2.24) is 10.1 Å². The molecule has 5 nitrogen and oxygen atoms in total. The van der Waals surface area contributed by atoms with Crippen LogP contribution in [0.2, 0.25) is 0 Å². The Morgan fingerprint density at radius 2 is 1.92 bits per heavy atom. The van der Waals surface area contributed by atoms with Crippen molar-refractivity contribution < 1.29 is 9.32 Å². The van der Waals surface area contributed by atoms with Crippen molar-refractivity contribution >= 4 is 11.6 Å². The summed E-state index contributed by atoms with van der Waals surface area (Å²) in [6, 6.07) is 8.15. The van der Waals surface area contributed by atoms with Crippen LogP contribution in [0, 0.1) is 6.92 Å². The Hall–Kier alpha value is -2.14. The van der Waals surface area contributed by atoms with Crippen LogP contribution in [0.15, 0.2) is 28.8 Å². The normalized spacial score (nSPS) is 14.9. The average molecular weight is 355 g/mol. The summed E-state index contributed by atoms with van der Waals surface area (Å²) in [6.07, 6.45) is 4.95. The molecule has 0 atom stereocenters. The summed E-state index contributed by atoms with van der Waals surface area (Å²) in [5.41, 5.74) is 3.29. The zero-order chi connectivity index (χ0) is 18.5. The van der Waals surface area contributed by atoms with Gasteiger partial charge in [0.15, 0.2) is 5.76 Å². The Balaban J connectivity index is 1.55. The van der Waals surface area contributed by atoms with Crippen LogP contribution < -0.4 is 5.32 Å². The number of aromatic nitrogens is 1. The first kappa shape index (κ1) is 18.6. The molecule has 0 radical (unpaired) electrons. The molecule has 140 valence electrons. The second kappa shape index (κ2) is 8.49. The topological polar surface area (TPSA) is 58.4 Å². The van der Waals surface area contributed by atoms with E-state index in [1.54, 1.807) is 6.92 Å². The van der Waals surface area contributed by atoms with E-state index in [9.17, 15) is 4.79 Å². The van der Waals surface area contributed by atoms with Gasteiger partial charge in [-0.15, -0.1) is 0 Å². The third kappa shape index (κ3) is 4.52. The fraction of sp³-hybridized carbons (Fsp3) is 0.524. The molecule has 3 rings (SSSR count). The third-order valence-corrected chi connectivity index (χ3v) is 4.99. The van der Waals surface area contributed by atoms with E-state index >= 15 is 0 Å². The number of rotatable bonds is 7. The Morgan fingerprint density at radius 3 is 2.58 bits per heavy atom. The molecule has 1 saturated heterocycles. The van der Waals surface area contributed by atoms with E-state index in [1.807, 2.05) is 26.0 Å².